The van der Waals surface area contributed by atoms with Crippen molar-refractivity contribution < 1.29 is 9.47 Å². The summed E-state index contributed by atoms with van der Waals surface area (Å²) in [5, 5.41) is 12.8. The van der Waals surface area contributed by atoms with Crippen LogP contribution in [0.5, 0.6) is 5.75 Å². The van der Waals surface area contributed by atoms with Gasteiger partial charge in [-0.15, -0.1) is 5.10 Å². The topological polar surface area (TPSA) is 68.5 Å². The first kappa shape index (κ1) is 21.1. The van der Waals surface area contributed by atoms with E-state index in [2.05, 4.69) is 51.3 Å². The molecular weight excluding hydrogens is 380 g/mol. The normalized spacial score (nSPS) is 21.3. The highest BCUT2D eigenvalue weighted by atomic mass is 16.5. The molecule has 4 rings (SSSR count). The van der Waals surface area contributed by atoms with Crippen LogP contribution in [0.3, 0.4) is 0 Å². The summed E-state index contributed by atoms with van der Waals surface area (Å²) < 4.78 is 13.1. The van der Waals surface area contributed by atoms with Crippen molar-refractivity contribution in [2.24, 2.45) is 5.92 Å². The number of nitrogens with zero attached hydrogens (tertiary/aromatic N) is 6. The molecule has 2 fully saturated rings. The first-order chi connectivity index (χ1) is 14.6. The molecule has 0 unspecified atom stereocenters. The molecule has 30 heavy (non-hydrogen) atoms. The molecule has 8 nitrogen and oxygen atoms in total. The fraction of sp³-hybridized carbons (Fsp3) is 0.682. The van der Waals surface area contributed by atoms with Crippen LogP contribution in [0.25, 0.3) is 0 Å². The second-order valence-electron chi connectivity index (χ2n) is 8.72. The minimum Gasteiger partial charge on any atom is -0.497 e. The largest absolute Gasteiger partial charge is 0.497 e. The fourth-order valence-corrected chi connectivity index (χ4v) is 4.51. The number of tetrazole rings is 1. The van der Waals surface area contributed by atoms with E-state index in [1.165, 1.54) is 5.69 Å². The molecule has 0 amide bonds. The summed E-state index contributed by atoms with van der Waals surface area (Å²) in [7, 11) is 1.70. The van der Waals surface area contributed by atoms with Gasteiger partial charge in [0.05, 0.1) is 25.8 Å². The SMILES string of the molecule is COc1ccc(N2CCN([C@H](CC(C)C)c3nnnn3C[C@H]3CCCO3)CC2)cc1. The Labute approximate surface area is 179 Å². The van der Waals surface area contributed by atoms with E-state index in [1.54, 1.807) is 7.11 Å². The van der Waals surface area contributed by atoms with Crippen LogP contribution in [0.2, 0.25) is 0 Å². The number of ether oxygens (including phenoxy) is 2. The first-order valence-corrected chi connectivity index (χ1v) is 11.1. The van der Waals surface area contributed by atoms with Crippen molar-refractivity contribution >= 4 is 5.69 Å². The molecule has 2 saturated heterocycles. The average molecular weight is 415 g/mol. The maximum Gasteiger partial charge on any atom is 0.168 e. The van der Waals surface area contributed by atoms with Crippen molar-refractivity contribution in [3.05, 3.63) is 30.1 Å². The zero-order chi connectivity index (χ0) is 20.9. The van der Waals surface area contributed by atoms with Crippen molar-refractivity contribution in [2.45, 2.75) is 51.8 Å². The maximum absolute atomic E-state index is 5.82. The van der Waals surface area contributed by atoms with Crippen LogP contribution >= 0.6 is 0 Å². The van der Waals surface area contributed by atoms with Gasteiger partial charge in [-0.1, -0.05) is 13.8 Å². The Morgan fingerprint density at radius 2 is 1.90 bits per heavy atom. The lowest BCUT2D eigenvalue weighted by Crippen LogP contribution is -2.48. The van der Waals surface area contributed by atoms with Gasteiger partial charge in [0.2, 0.25) is 0 Å². The molecule has 3 heterocycles. The molecule has 0 radical (unpaired) electrons. The Kier molecular flexibility index (Phi) is 6.84. The second kappa shape index (κ2) is 9.75. The molecule has 2 aliphatic rings. The van der Waals surface area contributed by atoms with Crippen LogP contribution in [0, 0.1) is 5.92 Å². The summed E-state index contributed by atoms with van der Waals surface area (Å²) in [5.41, 5.74) is 1.25. The molecule has 0 saturated carbocycles. The molecule has 1 aromatic carbocycles. The molecule has 0 spiro atoms. The van der Waals surface area contributed by atoms with Gasteiger partial charge >= 0.3 is 0 Å². The number of rotatable bonds is 8. The maximum atomic E-state index is 5.82. The summed E-state index contributed by atoms with van der Waals surface area (Å²) in [6, 6.07) is 8.58. The van der Waals surface area contributed by atoms with Crippen molar-refractivity contribution in [3.8, 4) is 5.75 Å². The van der Waals surface area contributed by atoms with E-state index in [0.717, 1.165) is 70.2 Å². The monoisotopic (exact) mass is 414 g/mol. The first-order valence-electron chi connectivity index (χ1n) is 11.1. The second-order valence-corrected chi connectivity index (χ2v) is 8.72. The number of hydrogen-bond acceptors (Lipinski definition) is 7. The Hall–Kier alpha value is -2.19. The third kappa shape index (κ3) is 4.92. The number of hydrogen-bond donors (Lipinski definition) is 0. The van der Waals surface area contributed by atoms with E-state index in [-0.39, 0.29) is 12.1 Å². The highest BCUT2D eigenvalue weighted by Crippen LogP contribution is 2.29. The molecule has 0 bridgehead atoms. The zero-order valence-electron chi connectivity index (χ0n) is 18.4. The molecule has 164 valence electrons. The van der Waals surface area contributed by atoms with Crippen molar-refractivity contribution in [2.75, 3.05) is 44.8 Å². The van der Waals surface area contributed by atoms with Crippen LogP contribution in [-0.2, 0) is 11.3 Å². The standard InChI is InChI=1S/C22H34N6O2/c1-17(2)15-21(22-23-24-25-28(22)16-20-5-4-14-30-20)27-12-10-26(11-13-27)18-6-8-19(29-3)9-7-18/h6-9,17,20-21H,4-5,10-16H2,1-3H3/t20-,21-/m1/s1. The van der Waals surface area contributed by atoms with Crippen LogP contribution in [0.1, 0.15) is 45.0 Å². The Balaban J connectivity index is 1.44. The van der Waals surface area contributed by atoms with Crippen molar-refractivity contribution in [1.29, 1.82) is 0 Å². The van der Waals surface area contributed by atoms with Crippen molar-refractivity contribution in [3.63, 3.8) is 0 Å². The van der Waals surface area contributed by atoms with Gasteiger partial charge in [0.25, 0.3) is 0 Å². The van der Waals surface area contributed by atoms with Gasteiger partial charge in [0, 0.05) is 38.5 Å². The lowest BCUT2D eigenvalue weighted by Gasteiger charge is -2.40. The van der Waals surface area contributed by atoms with Crippen molar-refractivity contribution in [1.82, 2.24) is 25.1 Å². The fourth-order valence-electron chi connectivity index (χ4n) is 4.51. The number of anilines is 1. The van der Waals surface area contributed by atoms with Gasteiger partial charge in [0.15, 0.2) is 5.82 Å². The smallest absolute Gasteiger partial charge is 0.168 e. The highest BCUT2D eigenvalue weighted by Gasteiger charge is 2.31. The van der Waals surface area contributed by atoms with Gasteiger partial charge < -0.3 is 14.4 Å². The van der Waals surface area contributed by atoms with Crippen LogP contribution in [0.15, 0.2) is 24.3 Å². The quantitative estimate of drug-likeness (QED) is 0.658. The molecule has 0 aliphatic carbocycles. The lowest BCUT2D eigenvalue weighted by molar-refractivity contribution is 0.0885. The Morgan fingerprint density at radius 1 is 1.13 bits per heavy atom. The number of aromatic nitrogens is 4. The number of piperazine rings is 1. The van der Waals surface area contributed by atoms with Crippen LogP contribution in [0.4, 0.5) is 5.69 Å². The van der Waals surface area contributed by atoms with E-state index in [0.29, 0.717) is 5.92 Å². The van der Waals surface area contributed by atoms with Crippen LogP contribution < -0.4 is 9.64 Å². The van der Waals surface area contributed by atoms with E-state index in [1.807, 2.05) is 16.8 Å². The van der Waals surface area contributed by atoms with E-state index < -0.39 is 0 Å². The van der Waals surface area contributed by atoms with Gasteiger partial charge in [0.1, 0.15) is 5.75 Å². The number of benzene rings is 1. The summed E-state index contributed by atoms with van der Waals surface area (Å²) in [5.74, 6) is 2.45. The highest BCUT2D eigenvalue weighted by molar-refractivity contribution is 5.49. The third-order valence-electron chi connectivity index (χ3n) is 6.15. The molecule has 8 heteroatoms. The zero-order valence-corrected chi connectivity index (χ0v) is 18.4. The van der Waals surface area contributed by atoms with Crippen LogP contribution in [-0.4, -0.2) is 71.1 Å². The van der Waals surface area contributed by atoms with E-state index in [9.17, 15) is 0 Å². The summed E-state index contributed by atoms with van der Waals surface area (Å²) >= 11 is 0. The Morgan fingerprint density at radius 3 is 2.53 bits per heavy atom. The van der Waals surface area contributed by atoms with Gasteiger partial charge in [-0.3, -0.25) is 4.90 Å². The molecule has 2 aromatic rings. The average Bonchev–Trinajstić information content (AvgIpc) is 3.45. The molecule has 2 aliphatic heterocycles. The lowest BCUT2D eigenvalue weighted by atomic mass is 10.0. The predicted molar refractivity (Wildman–Crippen MR) is 116 cm³/mol. The Bertz CT molecular complexity index is 779. The molecule has 0 N–H and O–H groups in total. The van der Waals surface area contributed by atoms with Gasteiger partial charge in [-0.05, 0) is 59.9 Å². The van der Waals surface area contributed by atoms with E-state index >= 15 is 0 Å². The third-order valence-corrected chi connectivity index (χ3v) is 6.15. The summed E-state index contributed by atoms with van der Waals surface area (Å²) in [6.07, 6.45) is 3.51. The molecule has 1 aromatic heterocycles. The molecular formula is C22H34N6O2. The predicted octanol–water partition coefficient (Wildman–Crippen LogP) is 2.77. The summed E-state index contributed by atoms with van der Waals surface area (Å²) in [4.78, 5) is 5.00. The number of methoxy groups -OCH3 is 1. The minimum atomic E-state index is 0.235. The van der Waals surface area contributed by atoms with Gasteiger partial charge in [-0.25, -0.2) is 4.68 Å². The van der Waals surface area contributed by atoms with E-state index in [4.69, 9.17) is 9.47 Å². The summed E-state index contributed by atoms with van der Waals surface area (Å²) in [6.45, 7) is 10.1. The minimum absolute atomic E-state index is 0.235. The van der Waals surface area contributed by atoms with Gasteiger partial charge in [-0.2, -0.15) is 0 Å². The molecule has 2 atom stereocenters.